The van der Waals surface area contributed by atoms with Gasteiger partial charge in [-0.15, -0.1) is 0 Å². The molecule has 0 saturated carbocycles. The maximum Gasteiger partial charge on any atom is 0.253 e. The van der Waals surface area contributed by atoms with Gasteiger partial charge in [-0.1, -0.05) is 6.92 Å². The van der Waals surface area contributed by atoms with Crippen LogP contribution >= 0.6 is 0 Å². The largest absolute Gasteiger partial charge is 0.352 e. The van der Waals surface area contributed by atoms with Crippen LogP contribution in [0.1, 0.15) is 29.4 Å². The van der Waals surface area contributed by atoms with E-state index in [-0.39, 0.29) is 5.91 Å². The fraction of sp³-hybridized carbons (Fsp3) is 0.500. The van der Waals surface area contributed by atoms with Gasteiger partial charge >= 0.3 is 0 Å². The van der Waals surface area contributed by atoms with Gasteiger partial charge in [-0.3, -0.25) is 9.78 Å². The molecule has 1 heterocycles. The van der Waals surface area contributed by atoms with E-state index in [2.05, 4.69) is 22.5 Å². The van der Waals surface area contributed by atoms with E-state index in [4.69, 9.17) is 0 Å². The van der Waals surface area contributed by atoms with E-state index in [1.807, 2.05) is 6.92 Å². The summed E-state index contributed by atoms with van der Waals surface area (Å²) in [6.07, 6.45) is 2.64. The third-order valence-electron chi connectivity index (χ3n) is 2.32. The van der Waals surface area contributed by atoms with Crippen LogP contribution in [0.25, 0.3) is 0 Å². The van der Waals surface area contributed by atoms with Crippen LogP contribution in [0.3, 0.4) is 0 Å². The zero-order valence-electron chi connectivity index (χ0n) is 9.92. The molecule has 0 saturated heterocycles. The molecule has 0 bridgehead atoms. The maximum atomic E-state index is 11.7. The Kier molecular flexibility index (Phi) is 5.50. The summed E-state index contributed by atoms with van der Waals surface area (Å²) in [6.45, 7) is 6.50. The quantitative estimate of drug-likeness (QED) is 0.708. The Balaban J connectivity index is 2.33. The lowest BCUT2D eigenvalue weighted by molar-refractivity contribution is 0.0952. The van der Waals surface area contributed by atoms with Crippen LogP contribution in [0.2, 0.25) is 0 Å². The van der Waals surface area contributed by atoms with E-state index in [1.165, 1.54) is 0 Å². The summed E-state index contributed by atoms with van der Waals surface area (Å²) in [4.78, 5) is 15.8. The highest BCUT2D eigenvalue weighted by Crippen LogP contribution is 2.02. The zero-order chi connectivity index (χ0) is 11.8. The van der Waals surface area contributed by atoms with Crippen LogP contribution in [0, 0.1) is 6.92 Å². The second-order valence-electron chi connectivity index (χ2n) is 3.60. The lowest BCUT2D eigenvalue weighted by Crippen LogP contribution is -2.28. The van der Waals surface area contributed by atoms with E-state index in [9.17, 15) is 4.79 Å². The van der Waals surface area contributed by atoms with Crippen LogP contribution < -0.4 is 10.6 Å². The van der Waals surface area contributed by atoms with Crippen molar-refractivity contribution in [1.82, 2.24) is 15.6 Å². The fourth-order valence-electron chi connectivity index (χ4n) is 1.41. The Labute approximate surface area is 96.5 Å². The second-order valence-corrected chi connectivity index (χ2v) is 3.60. The number of aryl methyl sites for hydroxylation is 1. The van der Waals surface area contributed by atoms with Gasteiger partial charge in [0.25, 0.3) is 5.91 Å². The average Bonchev–Trinajstić information content (AvgIpc) is 2.29. The maximum absolute atomic E-state index is 11.7. The molecule has 0 atom stereocenters. The molecule has 88 valence electrons. The van der Waals surface area contributed by atoms with Gasteiger partial charge in [0.05, 0.1) is 5.56 Å². The number of rotatable bonds is 6. The molecule has 2 N–H and O–H groups in total. The number of pyridine rings is 1. The predicted molar refractivity (Wildman–Crippen MR) is 64.5 cm³/mol. The average molecular weight is 221 g/mol. The van der Waals surface area contributed by atoms with E-state index in [0.717, 1.165) is 25.2 Å². The Hall–Kier alpha value is -1.42. The zero-order valence-corrected chi connectivity index (χ0v) is 9.92. The van der Waals surface area contributed by atoms with Gasteiger partial charge in [0.15, 0.2) is 0 Å². The molecule has 0 unspecified atom stereocenters. The highest BCUT2D eigenvalue weighted by atomic mass is 16.1. The summed E-state index contributed by atoms with van der Waals surface area (Å²) in [5, 5.41) is 6.09. The number of hydrogen-bond acceptors (Lipinski definition) is 3. The molecule has 0 radical (unpaired) electrons. The molecule has 1 aromatic rings. The Morgan fingerprint density at radius 2 is 2.25 bits per heavy atom. The van der Waals surface area contributed by atoms with Gasteiger partial charge in [-0.25, -0.2) is 0 Å². The van der Waals surface area contributed by atoms with Gasteiger partial charge < -0.3 is 10.6 Å². The first-order chi connectivity index (χ1) is 7.75. The summed E-state index contributed by atoms with van der Waals surface area (Å²) in [5.41, 5.74) is 1.43. The Morgan fingerprint density at radius 3 is 2.94 bits per heavy atom. The van der Waals surface area contributed by atoms with E-state index >= 15 is 0 Å². The standard InChI is InChI=1S/C12H19N3O/c1-3-13-7-5-9-15-12(16)11-6-4-8-14-10(11)2/h4,6,8,13H,3,5,7,9H2,1-2H3,(H,15,16). The molecule has 1 rings (SSSR count). The predicted octanol–water partition coefficient (Wildman–Crippen LogP) is 1.12. The summed E-state index contributed by atoms with van der Waals surface area (Å²) in [7, 11) is 0. The van der Waals surface area contributed by atoms with Crippen molar-refractivity contribution in [2.75, 3.05) is 19.6 Å². The second kappa shape index (κ2) is 6.95. The fourth-order valence-corrected chi connectivity index (χ4v) is 1.41. The van der Waals surface area contributed by atoms with Crippen molar-refractivity contribution in [2.24, 2.45) is 0 Å². The normalized spacial score (nSPS) is 10.1. The van der Waals surface area contributed by atoms with Gasteiger partial charge in [-0.2, -0.15) is 0 Å². The first kappa shape index (κ1) is 12.6. The molecule has 4 nitrogen and oxygen atoms in total. The van der Waals surface area contributed by atoms with E-state index in [0.29, 0.717) is 12.1 Å². The summed E-state index contributed by atoms with van der Waals surface area (Å²) < 4.78 is 0. The minimum Gasteiger partial charge on any atom is -0.352 e. The smallest absolute Gasteiger partial charge is 0.253 e. The molecule has 4 heteroatoms. The highest BCUT2D eigenvalue weighted by molar-refractivity contribution is 5.95. The topological polar surface area (TPSA) is 54.0 Å². The molecule has 0 aromatic carbocycles. The minimum atomic E-state index is -0.0397. The first-order valence-electron chi connectivity index (χ1n) is 5.66. The van der Waals surface area contributed by atoms with Crippen LogP contribution in [-0.4, -0.2) is 30.5 Å². The van der Waals surface area contributed by atoms with Crippen molar-refractivity contribution in [3.05, 3.63) is 29.6 Å². The third-order valence-corrected chi connectivity index (χ3v) is 2.32. The molecule has 0 aliphatic rings. The molecule has 0 aliphatic heterocycles. The van der Waals surface area contributed by atoms with Gasteiger partial charge in [0.1, 0.15) is 0 Å². The molecule has 0 fully saturated rings. The molecule has 1 amide bonds. The van der Waals surface area contributed by atoms with Gasteiger partial charge in [-0.05, 0) is 38.6 Å². The van der Waals surface area contributed by atoms with Crippen LogP contribution in [-0.2, 0) is 0 Å². The number of amides is 1. The number of nitrogens with zero attached hydrogens (tertiary/aromatic N) is 1. The number of nitrogens with one attached hydrogen (secondary N) is 2. The lowest BCUT2D eigenvalue weighted by Gasteiger charge is -2.06. The molecule has 0 spiro atoms. The highest BCUT2D eigenvalue weighted by Gasteiger charge is 2.07. The minimum absolute atomic E-state index is 0.0397. The van der Waals surface area contributed by atoms with Crippen molar-refractivity contribution in [1.29, 1.82) is 0 Å². The SMILES string of the molecule is CCNCCCNC(=O)c1cccnc1C. The van der Waals surface area contributed by atoms with E-state index < -0.39 is 0 Å². The van der Waals surface area contributed by atoms with Crippen LogP contribution in [0.15, 0.2) is 18.3 Å². The lowest BCUT2D eigenvalue weighted by atomic mass is 10.2. The number of hydrogen-bond donors (Lipinski definition) is 2. The van der Waals surface area contributed by atoms with Crippen molar-refractivity contribution < 1.29 is 4.79 Å². The molecule has 16 heavy (non-hydrogen) atoms. The van der Waals surface area contributed by atoms with Crippen molar-refractivity contribution in [2.45, 2.75) is 20.3 Å². The summed E-state index contributed by atoms with van der Waals surface area (Å²) in [5.74, 6) is -0.0397. The van der Waals surface area contributed by atoms with E-state index in [1.54, 1.807) is 18.3 Å². The van der Waals surface area contributed by atoms with Gasteiger partial charge in [0, 0.05) is 18.4 Å². The third kappa shape index (κ3) is 3.98. The Bertz CT molecular complexity index is 339. The monoisotopic (exact) mass is 221 g/mol. The Morgan fingerprint density at radius 1 is 1.44 bits per heavy atom. The van der Waals surface area contributed by atoms with Gasteiger partial charge in [0.2, 0.25) is 0 Å². The summed E-state index contributed by atoms with van der Waals surface area (Å²) in [6, 6.07) is 3.57. The molecule has 1 aromatic heterocycles. The number of carbonyl (C=O) groups excluding carboxylic acids is 1. The van der Waals surface area contributed by atoms with Crippen LogP contribution in [0.5, 0.6) is 0 Å². The molecular formula is C12H19N3O. The van der Waals surface area contributed by atoms with Crippen molar-refractivity contribution in [3.8, 4) is 0 Å². The van der Waals surface area contributed by atoms with Crippen LogP contribution in [0.4, 0.5) is 0 Å². The molecular weight excluding hydrogens is 202 g/mol. The van der Waals surface area contributed by atoms with Crippen molar-refractivity contribution >= 4 is 5.91 Å². The number of aromatic nitrogens is 1. The summed E-state index contributed by atoms with van der Waals surface area (Å²) >= 11 is 0. The van der Waals surface area contributed by atoms with Crippen molar-refractivity contribution in [3.63, 3.8) is 0 Å². The number of carbonyl (C=O) groups is 1. The first-order valence-corrected chi connectivity index (χ1v) is 5.66. The molecule has 0 aliphatic carbocycles.